The van der Waals surface area contributed by atoms with Crippen molar-refractivity contribution in [2.75, 3.05) is 20.2 Å². The minimum atomic E-state index is -5.80. The van der Waals surface area contributed by atoms with Gasteiger partial charge in [0.15, 0.2) is 0 Å². The number of carbonyl (C=O) groups is 1. The van der Waals surface area contributed by atoms with Gasteiger partial charge in [-0.05, 0) is 50.1 Å². The van der Waals surface area contributed by atoms with Gasteiger partial charge < -0.3 is 19.6 Å². The molecule has 5 nitrogen and oxygen atoms in total. The van der Waals surface area contributed by atoms with Gasteiger partial charge in [0, 0.05) is 30.3 Å². The van der Waals surface area contributed by atoms with Gasteiger partial charge in [-0.2, -0.15) is 22.0 Å². The molecule has 0 saturated heterocycles. The summed E-state index contributed by atoms with van der Waals surface area (Å²) in [6, 6.07) is 8.67. The zero-order valence-corrected chi connectivity index (χ0v) is 19.6. The minimum Gasteiger partial charge on any atom is -0.481 e. The SMILES string of the molecule is Cc1c(C(F)(F)C(F)(F)F)ccc2c1C(N1Cc3ccccc3C1=O)=C(N(C)CCO)C(C)(C)O2. The van der Waals surface area contributed by atoms with Crippen LogP contribution in [0, 0.1) is 6.92 Å². The molecule has 2 heterocycles. The molecule has 2 aromatic rings. The molecule has 0 spiro atoms. The standard InChI is InChI=1S/C25H25F5N2O3/c1-14-17(24(26,27)25(28,29)30)9-10-18-19(14)20(21(23(2,3)35-18)31(4)11-12-33)32-13-15-7-5-6-8-16(15)22(32)34/h5-10,33H,11-13H2,1-4H3. The molecule has 0 aliphatic carbocycles. The smallest absolute Gasteiger partial charge is 0.458 e. The highest BCUT2D eigenvalue weighted by molar-refractivity contribution is 6.04. The Morgan fingerprint density at radius 1 is 1.11 bits per heavy atom. The first-order valence-corrected chi connectivity index (χ1v) is 11.0. The number of ether oxygens (including phenoxy) is 1. The Morgan fingerprint density at radius 3 is 2.37 bits per heavy atom. The predicted octanol–water partition coefficient (Wildman–Crippen LogP) is 5.07. The van der Waals surface area contributed by atoms with Crippen molar-refractivity contribution in [2.45, 2.75) is 45.0 Å². The third-order valence-electron chi connectivity index (χ3n) is 6.43. The number of halogens is 5. The molecule has 10 heteroatoms. The second-order valence-electron chi connectivity index (χ2n) is 9.19. The third-order valence-corrected chi connectivity index (χ3v) is 6.43. The fourth-order valence-electron chi connectivity index (χ4n) is 4.89. The van der Waals surface area contributed by atoms with Crippen LogP contribution in [-0.2, 0) is 12.5 Å². The Kier molecular flexibility index (Phi) is 5.86. The van der Waals surface area contributed by atoms with Crippen LogP contribution in [0.3, 0.4) is 0 Å². The van der Waals surface area contributed by atoms with Crippen molar-refractivity contribution in [3.8, 4) is 5.75 Å². The lowest BCUT2D eigenvalue weighted by atomic mass is 9.87. The van der Waals surface area contributed by atoms with E-state index in [1.54, 1.807) is 50.1 Å². The number of hydrogen-bond donors (Lipinski definition) is 1. The van der Waals surface area contributed by atoms with Crippen LogP contribution in [0.15, 0.2) is 42.1 Å². The number of rotatable bonds is 5. The Labute approximate surface area is 199 Å². The second-order valence-corrected chi connectivity index (χ2v) is 9.19. The minimum absolute atomic E-state index is 0.00769. The number of aliphatic hydroxyl groups is 1. The van der Waals surface area contributed by atoms with Gasteiger partial charge in [-0.25, -0.2) is 0 Å². The lowest BCUT2D eigenvalue weighted by Crippen LogP contribution is -2.46. The average molecular weight is 496 g/mol. The zero-order valence-electron chi connectivity index (χ0n) is 19.6. The first kappa shape index (κ1) is 25.0. The lowest BCUT2D eigenvalue weighted by Gasteiger charge is -2.43. The maximum atomic E-state index is 14.5. The van der Waals surface area contributed by atoms with Gasteiger partial charge in [-0.1, -0.05) is 18.2 Å². The average Bonchev–Trinajstić information content (AvgIpc) is 3.08. The topological polar surface area (TPSA) is 53.0 Å². The van der Waals surface area contributed by atoms with Crippen LogP contribution < -0.4 is 4.74 Å². The number of fused-ring (bicyclic) bond motifs is 2. The van der Waals surface area contributed by atoms with E-state index in [4.69, 9.17) is 4.74 Å². The molecule has 0 aromatic heterocycles. The molecule has 2 aliphatic rings. The quantitative estimate of drug-likeness (QED) is 0.588. The normalized spacial score (nSPS) is 17.3. The highest BCUT2D eigenvalue weighted by atomic mass is 19.4. The number of alkyl halides is 5. The van der Waals surface area contributed by atoms with E-state index in [0.717, 1.165) is 12.1 Å². The monoisotopic (exact) mass is 496 g/mol. The number of likely N-dealkylation sites (N-methyl/N-ethyl adjacent to an activating group) is 1. The van der Waals surface area contributed by atoms with Crippen LogP contribution in [-0.4, -0.2) is 52.8 Å². The molecule has 4 rings (SSSR count). The Bertz CT molecular complexity index is 1220. The van der Waals surface area contributed by atoms with Crippen molar-refractivity contribution in [1.82, 2.24) is 9.80 Å². The summed E-state index contributed by atoms with van der Waals surface area (Å²) in [5.41, 5.74) is -0.958. The number of hydrogen-bond acceptors (Lipinski definition) is 4. The first-order valence-electron chi connectivity index (χ1n) is 11.0. The van der Waals surface area contributed by atoms with Gasteiger partial charge in [-0.3, -0.25) is 4.79 Å². The Morgan fingerprint density at radius 2 is 1.77 bits per heavy atom. The summed E-state index contributed by atoms with van der Waals surface area (Å²) >= 11 is 0. The Hall–Kier alpha value is -3.14. The van der Waals surface area contributed by atoms with E-state index in [1.165, 1.54) is 11.8 Å². The van der Waals surface area contributed by atoms with Gasteiger partial charge in [0.1, 0.15) is 11.4 Å². The fourth-order valence-corrected chi connectivity index (χ4v) is 4.89. The van der Waals surface area contributed by atoms with Gasteiger partial charge in [0.05, 0.1) is 24.5 Å². The summed E-state index contributed by atoms with van der Waals surface area (Å²) in [5, 5.41) is 9.56. The van der Waals surface area contributed by atoms with Crippen LogP contribution in [0.25, 0.3) is 5.70 Å². The van der Waals surface area contributed by atoms with E-state index in [1.807, 2.05) is 0 Å². The van der Waals surface area contributed by atoms with Gasteiger partial charge in [-0.15, -0.1) is 0 Å². The van der Waals surface area contributed by atoms with Crippen LogP contribution in [0.1, 0.15) is 46.5 Å². The molecular formula is C25H25F5N2O3. The second kappa shape index (κ2) is 8.22. The van der Waals surface area contributed by atoms with E-state index in [-0.39, 0.29) is 42.3 Å². The van der Waals surface area contributed by atoms with Crippen molar-refractivity contribution >= 4 is 11.6 Å². The van der Waals surface area contributed by atoms with Gasteiger partial charge in [0.25, 0.3) is 5.91 Å². The third kappa shape index (κ3) is 3.84. The molecule has 0 bridgehead atoms. The van der Waals surface area contributed by atoms with Crippen molar-refractivity contribution in [3.63, 3.8) is 0 Å². The van der Waals surface area contributed by atoms with Crippen molar-refractivity contribution in [2.24, 2.45) is 0 Å². The summed E-state index contributed by atoms with van der Waals surface area (Å²) in [6.45, 7) is 4.56. The maximum absolute atomic E-state index is 14.5. The fraction of sp³-hybridized carbons (Fsp3) is 0.400. The molecule has 0 unspecified atom stereocenters. The van der Waals surface area contributed by atoms with Crippen LogP contribution >= 0.6 is 0 Å². The highest BCUT2D eigenvalue weighted by Gasteiger charge is 2.60. The molecule has 35 heavy (non-hydrogen) atoms. The van der Waals surface area contributed by atoms with E-state index < -0.39 is 29.2 Å². The first-order chi connectivity index (χ1) is 16.2. The largest absolute Gasteiger partial charge is 0.481 e. The molecule has 0 radical (unpaired) electrons. The number of amides is 1. The van der Waals surface area contributed by atoms with Crippen molar-refractivity contribution in [3.05, 3.63) is 69.9 Å². The zero-order chi connectivity index (χ0) is 25.9. The number of aliphatic hydroxyl groups excluding tert-OH is 1. The van der Waals surface area contributed by atoms with E-state index in [0.29, 0.717) is 16.8 Å². The van der Waals surface area contributed by atoms with E-state index in [2.05, 4.69) is 0 Å². The number of carbonyl (C=O) groups excluding carboxylic acids is 1. The molecule has 188 valence electrons. The summed E-state index contributed by atoms with van der Waals surface area (Å²) < 4.78 is 75.0. The van der Waals surface area contributed by atoms with Crippen LogP contribution in [0.2, 0.25) is 0 Å². The Balaban J connectivity index is 2.03. The highest BCUT2D eigenvalue weighted by Crippen LogP contribution is 2.51. The molecule has 0 atom stereocenters. The molecule has 2 aliphatic heterocycles. The van der Waals surface area contributed by atoms with Gasteiger partial charge in [0.2, 0.25) is 0 Å². The van der Waals surface area contributed by atoms with Crippen molar-refractivity contribution in [1.29, 1.82) is 0 Å². The molecule has 1 N–H and O–H groups in total. The molecule has 0 fully saturated rings. The van der Waals surface area contributed by atoms with Crippen LogP contribution in [0.5, 0.6) is 5.75 Å². The van der Waals surface area contributed by atoms with E-state index in [9.17, 15) is 31.9 Å². The van der Waals surface area contributed by atoms with Gasteiger partial charge >= 0.3 is 12.1 Å². The number of nitrogens with zero attached hydrogens (tertiary/aromatic N) is 2. The van der Waals surface area contributed by atoms with E-state index >= 15 is 0 Å². The lowest BCUT2D eigenvalue weighted by molar-refractivity contribution is -0.289. The molecule has 2 aromatic carbocycles. The summed E-state index contributed by atoms with van der Waals surface area (Å²) in [7, 11) is 1.64. The van der Waals surface area contributed by atoms with Crippen LogP contribution in [0.4, 0.5) is 22.0 Å². The maximum Gasteiger partial charge on any atom is 0.458 e. The summed E-state index contributed by atoms with van der Waals surface area (Å²) in [5.74, 6) is -5.42. The predicted molar refractivity (Wildman–Crippen MR) is 119 cm³/mol. The van der Waals surface area contributed by atoms with Crippen molar-refractivity contribution < 1.29 is 36.6 Å². The number of benzene rings is 2. The summed E-state index contributed by atoms with van der Waals surface area (Å²) in [6.07, 6.45) is -5.80. The molecule has 1 amide bonds. The molecular weight excluding hydrogens is 471 g/mol. The summed E-state index contributed by atoms with van der Waals surface area (Å²) in [4.78, 5) is 16.5. The molecule has 0 saturated carbocycles.